The van der Waals surface area contributed by atoms with Gasteiger partial charge in [-0.3, -0.25) is 0 Å². The molecule has 2 nitrogen and oxygen atoms in total. The molecule has 0 heterocycles. The SMILES string of the molecule is OC1(CNC2CC(c3ccc(F)cc3)C2)CCCCCC1. The molecule has 0 saturated heterocycles. The third kappa shape index (κ3) is 3.83. The highest BCUT2D eigenvalue weighted by atomic mass is 19.1. The van der Waals surface area contributed by atoms with Crippen LogP contribution in [0.1, 0.15) is 62.8 Å². The number of hydrogen-bond acceptors (Lipinski definition) is 2. The summed E-state index contributed by atoms with van der Waals surface area (Å²) in [6, 6.07) is 7.39. The van der Waals surface area contributed by atoms with Gasteiger partial charge in [0.1, 0.15) is 5.82 Å². The summed E-state index contributed by atoms with van der Waals surface area (Å²) in [7, 11) is 0. The summed E-state index contributed by atoms with van der Waals surface area (Å²) >= 11 is 0. The molecule has 21 heavy (non-hydrogen) atoms. The quantitative estimate of drug-likeness (QED) is 0.828. The molecule has 0 aliphatic heterocycles. The predicted molar refractivity (Wildman–Crippen MR) is 82.8 cm³/mol. The number of rotatable bonds is 4. The second-order valence-electron chi connectivity index (χ2n) is 6.94. The molecule has 0 bridgehead atoms. The summed E-state index contributed by atoms with van der Waals surface area (Å²) in [6.07, 6.45) is 8.91. The van der Waals surface area contributed by atoms with E-state index >= 15 is 0 Å². The average Bonchev–Trinajstić information content (AvgIpc) is 2.64. The van der Waals surface area contributed by atoms with E-state index in [4.69, 9.17) is 0 Å². The molecule has 1 aromatic carbocycles. The molecular weight excluding hydrogens is 265 g/mol. The van der Waals surface area contributed by atoms with Gasteiger partial charge in [0.2, 0.25) is 0 Å². The van der Waals surface area contributed by atoms with E-state index < -0.39 is 5.60 Å². The van der Waals surface area contributed by atoms with E-state index in [0.29, 0.717) is 12.0 Å². The van der Waals surface area contributed by atoms with Crippen molar-refractivity contribution in [2.45, 2.75) is 68.9 Å². The minimum atomic E-state index is -0.489. The van der Waals surface area contributed by atoms with E-state index in [1.807, 2.05) is 12.1 Å². The molecule has 0 spiro atoms. The number of aliphatic hydroxyl groups is 1. The molecule has 3 heteroatoms. The van der Waals surface area contributed by atoms with Crippen molar-refractivity contribution in [2.24, 2.45) is 0 Å². The zero-order valence-electron chi connectivity index (χ0n) is 12.7. The molecule has 0 aromatic heterocycles. The van der Waals surface area contributed by atoms with Gasteiger partial charge in [0.15, 0.2) is 0 Å². The molecule has 0 radical (unpaired) electrons. The van der Waals surface area contributed by atoms with Crippen LogP contribution in [0.5, 0.6) is 0 Å². The Kier molecular flexibility index (Phi) is 4.60. The van der Waals surface area contributed by atoms with Gasteiger partial charge in [0, 0.05) is 12.6 Å². The molecule has 0 unspecified atom stereocenters. The number of halogens is 1. The first-order chi connectivity index (χ1) is 10.1. The first-order valence-corrected chi connectivity index (χ1v) is 8.36. The van der Waals surface area contributed by atoms with E-state index in [-0.39, 0.29) is 5.82 Å². The van der Waals surface area contributed by atoms with Crippen molar-refractivity contribution < 1.29 is 9.50 Å². The van der Waals surface area contributed by atoms with E-state index in [9.17, 15) is 9.50 Å². The van der Waals surface area contributed by atoms with Crippen molar-refractivity contribution >= 4 is 0 Å². The van der Waals surface area contributed by atoms with Crippen LogP contribution in [0, 0.1) is 5.82 Å². The van der Waals surface area contributed by atoms with E-state index in [2.05, 4.69) is 5.32 Å². The lowest BCUT2D eigenvalue weighted by Crippen LogP contribution is -2.48. The fourth-order valence-corrected chi connectivity index (χ4v) is 3.69. The zero-order chi connectivity index (χ0) is 14.7. The van der Waals surface area contributed by atoms with Crippen molar-refractivity contribution in [1.82, 2.24) is 5.32 Å². The van der Waals surface area contributed by atoms with Crippen LogP contribution in [-0.2, 0) is 0 Å². The molecule has 2 aliphatic rings. The molecule has 2 fully saturated rings. The van der Waals surface area contributed by atoms with Crippen LogP contribution >= 0.6 is 0 Å². The van der Waals surface area contributed by atoms with Crippen LogP contribution in [0.15, 0.2) is 24.3 Å². The lowest BCUT2D eigenvalue weighted by Gasteiger charge is -2.39. The monoisotopic (exact) mass is 291 g/mol. The van der Waals surface area contributed by atoms with Crippen LogP contribution in [0.4, 0.5) is 4.39 Å². The van der Waals surface area contributed by atoms with Crippen LogP contribution < -0.4 is 5.32 Å². The van der Waals surface area contributed by atoms with Gasteiger partial charge in [-0.25, -0.2) is 4.39 Å². The Morgan fingerprint density at radius 2 is 1.67 bits per heavy atom. The van der Waals surface area contributed by atoms with Crippen molar-refractivity contribution in [3.63, 3.8) is 0 Å². The highest BCUT2D eigenvalue weighted by Gasteiger charge is 2.33. The van der Waals surface area contributed by atoms with Crippen LogP contribution in [-0.4, -0.2) is 23.3 Å². The maximum atomic E-state index is 12.9. The maximum Gasteiger partial charge on any atom is 0.123 e. The van der Waals surface area contributed by atoms with Crippen molar-refractivity contribution in [3.05, 3.63) is 35.6 Å². The molecule has 0 atom stereocenters. The summed E-state index contributed by atoms with van der Waals surface area (Å²) < 4.78 is 12.9. The lowest BCUT2D eigenvalue weighted by atomic mass is 9.75. The largest absolute Gasteiger partial charge is 0.389 e. The Balaban J connectivity index is 1.43. The third-order valence-corrected chi connectivity index (χ3v) is 5.23. The maximum absolute atomic E-state index is 12.9. The molecule has 2 N–H and O–H groups in total. The Bertz CT molecular complexity index is 445. The summed E-state index contributed by atoms with van der Waals surface area (Å²) in [5, 5.41) is 14.2. The first-order valence-electron chi connectivity index (χ1n) is 8.36. The predicted octanol–water partition coefficient (Wildman–Crippen LogP) is 3.75. The highest BCUT2D eigenvalue weighted by Crippen LogP contribution is 2.37. The van der Waals surface area contributed by atoms with Gasteiger partial charge in [0.05, 0.1) is 5.60 Å². The number of hydrogen-bond donors (Lipinski definition) is 2. The summed E-state index contributed by atoms with van der Waals surface area (Å²) in [6.45, 7) is 0.730. The summed E-state index contributed by atoms with van der Waals surface area (Å²) in [5.74, 6) is 0.384. The van der Waals surface area contributed by atoms with Crippen molar-refractivity contribution in [1.29, 1.82) is 0 Å². The van der Waals surface area contributed by atoms with Gasteiger partial charge in [-0.05, 0) is 49.3 Å². The molecule has 2 saturated carbocycles. The minimum absolute atomic E-state index is 0.164. The van der Waals surface area contributed by atoms with E-state index in [1.54, 1.807) is 12.1 Å². The molecule has 1 aromatic rings. The molecule has 3 rings (SSSR count). The Morgan fingerprint density at radius 1 is 1.05 bits per heavy atom. The van der Waals surface area contributed by atoms with Gasteiger partial charge in [-0.2, -0.15) is 0 Å². The second-order valence-corrected chi connectivity index (χ2v) is 6.94. The van der Waals surface area contributed by atoms with Gasteiger partial charge >= 0.3 is 0 Å². The first kappa shape index (κ1) is 15.0. The zero-order valence-corrected chi connectivity index (χ0v) is 12.7. The Hall–Kier alpha value is -0.930. The summed E-state index contributed by atoms with van der Waals surface area (Å²) in [5.41, 5.74) is 0.750. The summed E-state index contributed by atoms with van der Waals surface area (Å²) in [4.78, 5) is 0. The number of nitrogens with one attached hydrogen (secondary N) is 1. The average molecular weight is 291 g/mol. The normalized spacial score (nSPS) is 28.7. The minimum Gasteiger partial charge on any atom is -0.389 e. The van der Waals surface area contributed by atoms with Gasteiger partial charge in [-0.1, -0.05) is 37.8 Å². The number of benzene rings is 1. The van der Waals surface area contributed by atoms with Crippen LogP contribution in [0.2, 0.25) is 0 Å². The second kappa shape index (κ2) is 6.45. The van der Waals surface area contributed by atoms with Crippen molar-refractivity contribution in [2.75, 3.05) is 6.54 Å². The van der Waals surface area contributed by atoms with E-state index in [0.717, 1.165) is 45.1 Å². The van der Waals surface area contributed by atoms with Gasteiger partial charge in [-0.15, -0.1) is 0 Å². The smallest absolute Gasteiger partial charge is 0.123 e. The Labute approximate surface area is 126 Å². The molecular formula is C18H26FNO. The third-order valence-electron chi connectivity index (χ3n) is 5.23. The highest BCUT2D eigenvalue weighted by molar-refractivity contribution is 5.23. The fourth-order valence-electron chi connectivity index (χ4n) is 3.69. The standard InChI is InChI=1S/C18H26FNO/c19-16-7-5-14(6-8-16)15-11-17(12-15)20-13-18(21)9-3-1-2-4-10-18/h5-8,15,17,20-21H,1-4,9-13H2. The topological polar surface area (TPSA) is 32.3 Å². The van der Waals surface area contributed by atoms with Crippen molar-refractivity contribution in [3.8, 4) is 0 Å². The lowest BCUT2D eigenvalue weighted by molar-refractivity contribution is 0.0192. The fraction of sp³-hybridized carbons (Fsp3) is 0.667. The molecule has 2 aliphatic carbocycles. The van der Waals surface area contributed by atoms with E-state index in [1.165, 1.54) is 18.4 Å². The van der Waals surface area contributed by atoms with Crippen LogP contribution in [0.25, 0.3) is 0 Å². The van der Waals surface area contributed by atoms with Crippen LogP contribution in [0.3, 0.4) is 0 Å². The molecule has 116 valence electrons. The van der Waals surface area contributed by atoms with Gasteiger partial charge < -0.3 is 10.4 Å². The Morgan fingerprint density at radius 3 is 2.29 bits per heavy atom. The molecule has 0 amide bonds. The van der Waals surface area contributed by atoms with Gasteiger partial charge in [0.25, 0.3) is 0 Å².